The zero-order chi connectivity index (χ0) is 12.4. The van der Waals surface area contributed by atoms with E-state index >= 15 is 0 Å². The Morgan fingerprint density at radius 3 is 2.82 bits per heavy atom. The van der Waals surface area contributed by atoms with E-state index in [1.54, 1.807) is 17.1 Å². The van der Waals surface area contributed by atoms with Gasteiger partial charge < -0.3 is 10.0 Å². The van der Waals surface area contributed by atoms with Gasteiger partial charge >= 0.3 is 5.97 Å². The van der Waals surface area contributed by atoms with E-state index in [1.807, 2.05) is 12.3 Å². The highest BCUT2D eigenvalue weighted by Crippen LogP contribution is 2.22. The fourth-order valence-electron chi connectivity index (χ4n) is 1.79. The Bertz CT molecular complexity index is 444. The fourth-order valence-corrected chi connectivity index (χ4v) is 3.65. The Hall–Kier alpha value is -1.01. The quantitative estimate of drug-likeness (QED) is 0.889. The minimum Gasteiger partial charge on any atom is -0.480 e. The largest absolute Gasteiger partial charge is 0.480 e. The molecular formula is C11H13NO3S2. The molecule has 1 fully saturated rings. The Morgan fingerprint density at radius 2 is 2.24 bits per heavy atom. The van der Waals surface area contributed by atoms with Gasteiger partial charge in [-0.05, 0) is 17.9 Å². The first-order valence-electron chi connectivity index (χ1n) is 5.25. The van der Waals surface area contributed by atoms with Gasteiger partial charge in [-0.3, -0.25) is 4.79 Å². The molecule has 1 atom stereocenters. The van der Waals surface area contributed by atoms with Crippen molar-refractivity contribution in [2.24, 2.45) is 0 Å². The molecule has 1 saturated heterocycles. The summed E-state index contributed by atoms with van der Waals surface area (Å²) in [4.78, 5) is 24.9. The number of carboxylic acids is 1. The summed E-state index contributed by atoms with van der Waals surface area (Å²) >= 11 is 3.05. The molecule has 1 aliphatic rings. The maximum Gasteiger partial charge on any atom is 0.327 e. The third kappa shape index (κ3) is 2.47. The second-order valence-corrected chi connectivity index (χ2v) is 5.79. The van der Waals surface area contributed by atoms with Gasteiger partial charge in [-0.2, -0.15) is 23.1 Å². The molecule has 4 nitrogen and oxygen atoms in total. The van der Waals surface area contributed by atoms with Crippen molar-refractivity contribution in [3.8, 4) is 0 Å². The summed E-state index contributed by atoms with van der Waals surface area (Å²) in [5.41, 5.74) is 1.55. The third-order valence-electron chi connectivity index (χ3n) is 2.76. The van der Waals surface area contributed by atoms with Crippen LogP contribution in [0.3, 0.4) is 0 Å². The van der Waals surface area contributed by atoms with Crippen LogP contribution in [0.1, 0.15) is 15.9 Å². The summed E-state index contributed by atoms with van der Waals surface area (Å²) in [6.07, 6.45) is 0. The Kier molecular flexibility index (Phi) is 3.73. The number of rotatable bonds is 2. The van der Waals surface area contributed by atoms with Gasteiger partial charge in [-0.15, -0.1) is 0 Å². The van der Waals surface area contributed by atoms with Crippen LogP contribution in [0.15, 0.2) is 10.8 Å². The van der Waals surface area contributed by atoms with E-state index in [1.165, 1.54) is 16.2 Å². The van der Waals surface area contributed by atoms with E-state index < -0.39 is 12.0 Å². The van der Waals surface area contributed by atoms with E-state index in [9.17, 15) is 9.59 Å². The second kappa shape index (κ2) is 5.10. The van der Waals surface area contributed by atoms with E-state index in [0.717, 1.165) is 11.3 Å². The van der Waals surface area contributed by atoms with Gasteiger partial charge in [0.2, 0.25) is 0 Å². The van der Waals surface area contributed by atoms with Gasteiger partial charge in [0, 0.05) is 23.4 Å². The molecule has 0 saturated carbocycles. The second-order valence-electron chi connectivity index (χ2n) is 3.90. The number of carbonyl (C=O) groups is 2. The average molecular weight is 271 g/mol. The molecule has 1 aromatic heterocycles. The van der Waals surface area contributed by atoms with Crippen LogP contribution in [-0.4, -0.2) is 46.0 Å². The molecule has 0 bridgehead atoms. The normalized spacial score (nSPS) is 20.3. The van der Waals surface area contributed by atoms with Crippen LogP contribution >= 0.6 is 23.1 Å². The van der Waals surface area contributed by atoms with E-state index in [0.29, 0.717) is 17.9 Å². The van der Waals surface area contributed by atoms with Crippen LogP contribution in [-0.2, 0) is 4.79 Å². The number of aliphatic carboxylic acids is 1. The number of hydrogen-bond donors (Lipinski definition) is 1. The molecule has 2 heterocycles. The lowest BCUT2D eigenvalue weighted by Crippen LogP contribution is -2.50. The molecular weight excluding hydrogens is 258 g/mol. The average Bonchev–Trinajstić information content (AvgIpc) is 2.74. The molecule has 0 radical (unpaired) electrons. The van der Waals surface area contributed by atoms with E-state index in [2.05, 4.69) is 0 Å². The van der Waals surface area contributed by atoms with Crippen LogP contribution in [0.5, 0.6) is 0 Å². The first kappa shape index (κ1) is 12.4. The van der Waals surface area contributed by atoms with Crippen molar-refractivity contribution in [2.45, 2.75) is 13.0 Å². The number of aryl methyl sites for hydroxylation is 1. The molecule has 1 amide bonds. The highest BCUT2D eigenvalue weighted by Gasteiger charge is 2.33. The molecule has 6 heteroatoms. The van der Waals surface area contributed by atoms with Crippen LogP contribution < -0.4 is 0 Å². The van der Waals surface area contributed by atoms with E-state index in [4.69, 9.17) is 5.11 Å². The number of carboxylic acid groups (broad SMARTS) is 1. The van der Waals surface area contributed by atoms with Crippen molar-refractivity contribution in [3.05, 3.63) is 21.9 Å². The lowest BCUT2D eigenvalue weighted by atomic mass is 10.1. The molecule has 0 aromatic carbocycles. The Balaban J connectivity index is 2.23. The van der Waals surface area contributed by atoms with Gasteiger partial charge in [-0.1, -0.05) is 0 Å². The van der Waals surface area contributed by atoms with Crippen molar-refractivity contribution in [1.82, 2.24) is 4.90 Å². The summed E-state index contributed by atoms with van der Waals surface area (Å²) < 4.78 is 0. The molecule has 1 N–H and O–H groups in total. The lowest BCUT2D eigenvalue weighted by Gasteiger charge is -2.32. The van der Waals surface area contributed by atoms with Gasteiger partial charge in [-0.25, -0.2) is 4.79 Å². The smallest absolute Gasteiger partial charge is 0.327 e. The number of amides is 1. The predicted molar refractivity (Wildman–Crippen MR) is 68.8 cm³/mol. The monoisotopic (exact) mass is 271 g/mol. The zero-order valence-electron chi connectivity index (χ0n) is 9.38. The van der Waals surface area contributed by atoms with Gasteiger partial charge in [0.15, 0.2) is 0 Å². The van der Waals surface area contributed by atoms with Crippen molar-refractivity contribution < 1.29 is 14.7 Å². The van der Waals surface area contributed by atoms with Gasteiger partial charge in [0.05, 0.1) is 5.56 Å². The predicted octanol–water partition coefficient (Wildman–Crippen LogP) is 1.70. The van der Waals surface area contributed by atoms with Gasteiger partial charge in [0.25, 0.3) is 5.91 Å². The standard InChI is InChI=1S/C11H13NO3S2/c1-7-4-17-5-8(7)10(13)12-2-3-16-6-9(12)11(14)15/h4-5,9H,2-3,6H2,1H3,(H,14,15). The summed E-state index contributed by atoms with van der Waals surface area (Å²) in [6, 6.07) is -0.694. The molecule has 0 aliphatic carbocycles. The summed E-state index contributed by atoms with van der Waals surface area (Å²) in [7, 11) is 0. The number of carbonyl (C=O) groups excluding carboxylic acids is 1. The van der Waals surface area contributed by atoms with Crippen LogP contribution in [0, 0.1) is 6.92 Å². The number of hydrogen-bond acceptors (Lipinski definition) is 4. The van der Waals surface area contributed by atoms with Crippen molar-refractivity contribution in [3.63, 3.8) is 0 Å². The lowest BCUT2D eigenvalue weighted by molar-refractivity contribution is -0.141. The third-order valence-corrected chi connectivity index (χ3v) is 4.64. The molecule has 0 spiro atoms. The van der Waals surface area contributed by atoms with Crippen LogP contribution in [0.2, 0.25) is 0 Å². The molecule has 92 valence electrons. The Labute approximate surface area is 108 Å². The minimum absolute atomic E-state index is 0.156. The van der Waals surface area contributed by atoms with E-state index in [-0.39, 0.29) is 5.91 Å². The fraction of sp³-hybridized carbons (Fsp3) is 0.455. The zero-order valence-corrected chi connectivity index (χ0v) is 11.0. The SMILES string of the molecule is Cc1cscc1C(=O)N1CCSCC1C(=O)O. The highest BCUT2D eigenvalue weighted by atomic mass is 32.2. The van der Waals surface area contributed by atoms with Gasteiger partial charge in [0.1, 0.15) is 6.04 Å². The first-order valence-corrected chi connectivity index (χ1v) is 7.35. The molecule has 1 aromatic rings. The van der Waals surface area contributed by atoms with Crippen LogP contribution in [0.25, 0.3) is 0 Å². The molecule has 17 heavy (non-hydrogen) atoms. The maximum atomic E-state index is 12.3. The summed E-state index contributed by atoms with van der Waals surface area (Å²) in [5.74, 6) is 0.207. The van der Waals surface area contributed by atoms with Crippen molar-refractivity contribution in [1.29, 1.82) is 0 Å². The van der Waals surface area contributed by atoms with Crippen LogP contribution in [0.4, 0.5) is 0 Å². The highest BCUT2D eigenvalue weighted by molar-refractivity contribution is 7.99. The number of thioether (sulfide) groups is 1. The van der Waals surface area contributed by atoms with Crippen molar-refractivity contribution >= 4 is 35.0 Å². The number of nitrogens with zero attached hydrogens (tertiary/aromatic N) is 1. The molecule has 1 aliphatic heterocycles. The van der Waals surface area contributed by atoms with Crippen molar-refractivity contribution in [2.75, 3.05) is 18.1 Å². The topological polar surface area (TPSA) is 57.6 Å². The summed E-state index contributed by atoms with van der Waals surface area (Å²) in [6.45, 7) is 2.38. The summed E-state index contributed by atoms with van der Waals surface area (Å²) in [5, 5.41) is 12.8. The molecule has 1 unspecified atom stereocenters. The number of thiophene rings is 1. The molecule has 2 rings (SSSR count). The minimum atomic E-state index is -0.918. The maximum absolute atomic E-state index is 12.3. The Morgan fingerprint density at radius 1 is 1.47 bits per heavy atom. The first-order chi connectivity index (χ1) is 8.11.